The normalized spacial score (nSPS) is 11.0. The number of hydrogen-bond acceptors (Lipinski definition) is 0. The first kappa shape index (κ1) is 20.7. The summed E-state index contributed by atoms with van der Waals surface area (Å²) in [6.07, 6.45) is 5.07. The van der Waals surface area contributed by atoms with Crippen molar-refractivity contribution in [2.45, 2.75) is 32.6 Å². The molecule has 136 valence electrons. The van der Waals surface area contributed by atoms with E-state index in [9.17, 15) is 0 Å². The highest BCUT2D eigenvalue weighted by Crippen LogP contribution is 2.43. The van der Waals surface area contributed by atoms with Crippen LogP contribution in [0, 0.1) is 0 Å². The second-order valence-corrected chi connectivity index (χ2v) is 6.60. The monoisotopic (exact) mass is 457 g/mol. The summed E-state index contributed by atoms with van der Waals surface area (Å²) in [4.78, 5) is 0. The maximum atomic E-state index is 2.27. The highest BCUT2D eigenvalue weighted by atomic mass is 127. The van der Waals surface area contributed by atoms with E-state index in [2.05, 4.69) is 97.9 Å². The Labute approximate surface area is 175 Å². The maximum Gasteiger partial charge on any atom is 0.143 e. The van der Waals surface area contributed by atoms with Gasteiger partial charge in [-0.2, -0.15) is 0 Å². The number of para-hydroxylation sites is 3. The van der Waals surface area contributed by atoms with Crippen LogP contribution < -0.4 is 28.5 Å². The lowest BCUT2D eigenvalue weighted by Gasteiger charge is -2.37. The summed E-state index contributed by atoms with van der Waals surface area (Å²) in [5.74, 6) is 0. The van der Waals surface area contributed by atoms with E-state index in [-0.39, 0.29) is 24.0 Å². The Hall–Kier alpha value is -1.65. The third-order valence-corrected chi connectivity index (χ3v) is 4.94. The first-order valence-corrected chi connectivity index (χ1v) is 9.43. The van der Waals surface area contributed by atoms with Gasteiger partial charge in [0.1, 0.15) is 17.1 Å². The molecule has 0 aliphatic carbocycles. The van der Waals surface area contributed by atoms with Crippen LogP contribution >= 0.6 is 0 Å². The minimum absolute atomic E-state index is 0. The SMILES string of the molecule is CCCCCC[N+](c1ccccc1)(c1ccccc1)c1ccccc1.[I-]. The van der Waals surface area contributed by atoms with Crippen molar-refractivity contribution in [2.75, 3.05) is 6.54 Å². The van der Waals surface area contributed by atoms with E-state index in [0.29, 0.717) is 0 Å². The van der Waals surface area contributed by atoms with E-state index < -0.39 is 0 Å². The minimum atomic E-state index is 0. The van der Waals surface area contributed by atoms with Crippen LogP contribution in [0.2, 0.25) is 0 Å². The molecule has 26 heavy (non-hydrogen) atoms. The predicted molar refractivity (Wildman–Crippen MR) is 109 cm³/mol. The molecule has 0 aromatic heterocycles. The van der Waals surface area contributed by atoms with E-state index in [1.807, 2.05) is 0 Å². The van der Waals surface area contributed by atoms with Crippen LogP contribution in [-0.4, -0.2) is 6.54 Å². The average Bonchev–Trinajstić information content (AvgIpc) is 2.70. The molecule has 0 unspecified atom stereocenters. The van der Waals surface area contributed by atoms with Gasteiger partial charge in [0.25, 0.3) is 0 Å². The number of nitrogens with zero attached hydrogens (tertiary/aromatic N) is 1. The van der Waals surface area contributed by atoms with E-state index >= 15 is 0 Å². The molecular formula is C24H28IN. The average molecular weight is 457 g/mol. The Morgan fingerprint density at radius 3 is 1.27 bits per heavy atom. The lowest BCUT2D eigenvalue weighted by molar-refractivity contribution is -0.00000503. The Kier molecular flexibility index (Phi) is 8.33. The van der Waals surface area contributed by atoms with Crippen LogP contribution in [0.3, 0.4) is 0 Å². The van der Waals surface area contributed by atoms with Crippen LogP contribution in [0.5, 0.6) is 0 Å². The number of quaternary nitrogens is 1. The van der Waals surface area contributed by atoms with Gasteiger partial charge in [0.05, 0.1) is 6.54 Å². The second-order valence-electron chi connectivity index (χ2n) is 6.60. The third kappa shape index (κ3) is 4.54. The summed E-state index contributed by atoms with van der Waals surface area (Å²) >= 11 is 0. The molecule has 3 aromatic rings. The zero-order valence-electron chi connectivity index (χ0n) is 15.5. The fourth-order valence-electron chi connectivity index (χ4n) is 3.66. The quantitative estimate of drug-likeness (QED) is 0.270. The van der Waals surface area contributed by atoms with E-state index in [0.717, 1.165) is 11.0 Å². The Morgan fingerprint density at radius 2 is 0.923 bits per heavy atom. The van der Waals surface area contributed by atoms with E-state index in [1.165, 1.54) is 42.7 Å². The highest BCUT2D eigenvalue weighted by molar-refractivity contribution is 5.70. The van der Waals surface area contributed by atoms with Crippen LogP contribution in [0.4, 0.5) is 17.1 Å². The lowest BCUT2D eigenvalue weighted by Crippen LogP contribution is -3.00. The standard InChI is InChI=1S/C24H28N.HI/c1-2-3-4-14-21-25(22-15-8-5-9-16-22,23-17-10-6-11-18-23)24-19-12-7-13-20-24;/h5-13,15-20H,2-4,14,21H2,1H3;1H/q+1;/p-1. The van der Waals surface area contributed by atoms with Crippen LogP contribution in [0.1, 0.15) is 32.6 Å². The van der Waals surface area contributed by atoms with Gasteiger partial charge in [-0.1, -0.05) is 74.4 Å². The molecule has 0 aliphatic rings. The van der Waals surface area contributed by atoms with E-state index in [1.54, 1.807) is 0 Å². The molecule has 0 saturated carbocycles. The van der Waals surface area contributed by atoms with Gasteiger partial charge in [-0.05, 0) is 49.2 Å². The Balaban J connectivity index is 0.00000243. The molecule has 0 saturated heterocycles. The molecule has 0 amide bonds. The predicted octanol–water partition coefficient (Wildman–Crippen LogP) is 4.24. The van der Waals surface area contributed by atoms with Crippen molar-refractivity contribution in [1.82, 2.24) is 4.48 Å². The molecule has 0 N–H and O–H groups in total. The topological polar surface area (TPSA) is 0 Å². The second kappa shape index (κ2) is 10.5. The molecule has 0 heterocycles. The number of unbranched alkanes of at least 4 members (excludes halogenated alkanes) is 3. The molecule has 0 atom stereocenters. The van der Waals surface area contributed by atoms with Crippen molar-refractivity contribution < 1.29 is 24.0 Å². The third-order valence-electron chi connectivity index (χ3n) is 4.94. The summed E-state index contributed by atoms with van der Waals surface area (Å²) in [5, 5.41) is 0. The van der Waals surface area contributed by atoms with Crippen LogP contribution in [-0.2, 0) is 0 Å². The maximum absolute atomic E-state index is 2.27. The number of benzene rings is 3. The van der Waals surface area contributed by atoms with Crippen molar-refractivity contribution in [3.8, 4) is 0 Å². The molecule has 2 heteroatoms. The van der Waals surface area contributed by atoms with Gasteiger partial charge >= 0.3 is 0 Å². The van der Waals surface area contributed by atoms with Gasteiger partial charge in [0, 0.05) is 0 Å². The zero-order chi connectivity index (χ0) is 17.4. The summed E-state index contributed by atoms with van der Waals surface area (Å²) in [6, 6.07) is 32.8. The number of halogens is 1. The first-order chi connectivity index (χ1) is 12.4. The molecule has 0 spiro atoms. The van der Waals surface area contributed by atoms with Gasteiger partial charge in [-0.15, -0.1) is 0 Å². The highest BCUT2D eigenvalue weighted by Gasteiger charge is 2.35. The van der Waals surface area contributed by atoms with Gasteiger partial charge < -0.3 is 24.0 Å². The van der Waals surface area contributed by atoms with Gasteiger partial charge in [0.2, 0.25) is 0 Å². The van der Waals surface area contributed by atoms with Crippen molar-refractivity contribution in [3.63, 3.8) is 0 Å². The fraction of sp³-hybridized carbons (Fsp3) is 0.250. The molecule has 1 nitrogen and oxygen atoms in total. The van der Waals surface area contributed by atoms with Crippen LogP contribution in [0.25, 0.3) is 0 Å². The molecule has 3 rings (SSSR count). The molecule has 0 radical (unpaired) electrons. The Bertz CT molecular complexity index is 644. The molecule has 0 aliphatic heterocycles. The largest absolute Gasteiger partial charge is 1.00 e. The molecule has 3 aromatic carbocycles. The molecular weight excluding hydrogens is 429 g/mol. The molecule has 0 bridgehead atoms. The number of rotatable bonds is 8. The van der Waals surface area contributed by atoms with Gasteiger partial charge in [0.15, 0.2) is 0 Å². The lowest BCUT2D eigenvalue weighted by atomic mass is 10.1. The zero-order valence-corrected chi connectivity index (χ0v) is 17.7. The summed E-state index contributed by atoms with van der Waals surface area (Å²) in [6.45, 7) is 3.35. The Morgan fingerprint density at radius 1 is 0.538 bits per heavy atom. The van der Waals surface area contributed by atoms with Crippen molar-refractivity contribution in [3.05, 3.63) is 91.0 Å². The summed E-state index contributed by atoms with van der Waals surface area (Å²) in [7, 11) is 0. The van der Waals surface area contributed by atoms with E-state index in [4.69, 9.17) is 0 Å². The van der Waals surface area contributed by atoms with Gasteiger partial charge in [-0.3, -0.25) is 0 Å². The van der Waals surface area contributed by atoms with Crippen molar-refractivity contribution >= 4 is 17.1 Å². The summed E-state index contributed by atoms with van der Waals surface area (Å²) < 4.78 is 0.784. The van der Waals surface area contributed by atoms with Crippen molar-refractivity contribution in [1.29, 1.82) is 0 Å². The molecule has 0 fully saturated rings. The summed E-state index contributed by atoms with van der Waals surface area (Å²) in [5.41, 5.74) is 3.99. The van der Waals surface area contributed by atoms with Crippen LogP contribution in [0.15, 0.2) is 91.0 Å². The van der Waals surface area contributed by atoms with Gasteiger partial charge in [-0.25, -0.2) is 4.48 Å². The van der Waals surface area contributed by atoms with Crippen molar-refractivity contribution in [2.24, 2.45) is 0 Å². The smallest absolute Gasteiger partial charge is 0.143 e. The minimum Gasteiger partial charge on any atom is -1.00 e. The number of hydrogen-bond donors (Lipinski definition) is 0. The first-order valence-electron chi connectivity index (χ1n) is 9.43. The fourth-order valence-corrected chi connectivity index (χ4v) is 3.66.